The molecule has 2 heterocycles. The number of carboxylic acid groups (broad SMARTS) is 1. The fraction of sp³-hybridized carbons (Fsp3) is 0.545. The molecule has 3 rings (SSSR count). The minimum absolute atomic E-state index is 0.206. The molecule has 0 amide bonds. The first-order valence-corrected chi connectivity index (χ1v) is 10.6. The smallest absolute Gasteiger partial charge is 0.303 e. The molecule has 2 aliphatic heterocycles. The molecule has 2 bridgehead atoms. The van der Waals surface area contributed by atoms with E-state index in [0.717, 1.165) is 31.2 Å². The quantitative estimate of drug-likeness (QED) is 0.335. The normalized spacial score (nSPS) is 25.4. The maximum absolute atomic E-state index is 13.2. The van der Waals surface area contributed by atoms with Crippen LogP contribution in [0.4, 0.5) is 4.39 Å². The number of fused-ring (bicyclic) bond motifs is 2. The molecule has 5 nitrogen and oxygen atoms in total. The number of carboxylic acids is 1. The van der Waals surface area contributed by atoms with Gasteiger partial charge < -0.3 is 19.9 Å². The number of unbranched alkanes of at least 4 members (excludes halogenated alkanes) is 1. The van der Waals surface area contributed by atoms with E-state index >= 15 is 0 Å². The summed E-state index contributed by atoms with van der Waals surface area (Å²) < 4.78 is 25.1. The molecule has 2 aliphatic rings. The van der Waals surface area contributed by atoms with Gasteiger partial charge in [-0.3, -0.25) is 4.79 Å². The van der Waals surface area contributed by atoms with Crippen molar-refractivity contribution >= 4 is 23.4 Å². The van der Waals surface area contributed by atoms with Crippen molar-refractivity contribution < 1.29 is 23.8 Å². The summed E-state index contributed by atoms with van der Waals surface area (Å²) in [7, 11) is 0. The average molecular weight is 422 g/mol. The lowest BCUT2D eigenvalue weighted by Crippen LogP contribution is -2.33. The highest BCUT2D eigenvalue weighted by Crippen LogP contribution is 2.45. The number of thiocarbonyl (C=S) groups is 1. The first-order valence-electron chi connectivity index (χ1n) is 10.2. The maximum atomic E-state index is 13.2. The molecule has 158 valence electrons. The first-order chi connectivity index (χ1) is 14.0. The molecule has 2 fully saturated rings. The summed E-state index contributed by atoms with van der Waals surface area (Å²) in [6.45, 7) is 0.931. The number of carbonyl (C=O) groups is 1. The third-order valence-electron chi connectivity index (χ3n) is 5.66. The Bertz CT molecular complexity index is 741. The lowest BCUT2D eigenvalue weighted by molar-refractivity contribution is -0.137. The third kappa shape index (κ3) is 6.51. The Balaban J connectivity index is 1.41. The van der Waals surface area contributed by atoms with Gasteiger partial charge >= 0.3 is 5.97 Å². The van der Waals surface area contributed by atoms with Crippen LogP contribution >= 0.6 is 12.2 Å². The standard InChI is InChI=1S/C22H28FNO4S/c23-16-7-5-6-15(12-16)13-24-22(29)27-14-18-17(19-10-11-20(18)28-19)8-3-1-2-4-9-21(25)26/h1,3,5-7,12,17-20H,2,4,8-11,13-14H2,(H,24,29)(H,25,26)/b3-1-/t17-,18+,19-,20+/m1/s1. The summed E-state index contributed by atoms with van der Waals surface area (Å²) in [6, 6.07) is 6.39. The van der Waals surface area contributed by atoms with Crippen molar-refractivity contribution in [2.45, 2.75) is 57.3 Å². The van der Waals surface area contributed by atoms with E-state index in [1.165, 1.54) is 12.1 Å². The van der Waals surface area contributed by atoms with Crippen molar-refractivity contribution in [3.63, 3.8) is 0 Å². The Morgan fingerprint density at radius 1 is 1.31 bits per heavy atom. The van der Waals surface area contributed by atoms with Gasteiger partial charge in [-0.1, -0.05) is 24.3 Å². The SMILES string of the molecule is O=C(O)CCC/C=C\C[C@@H]1[C@H](COC(=S)NCc2cccc(F)c2)[C@@H]2CC[C@H]1O2. The maximum Gasteiger partial charge on any atom is 0.303 e. The molecule has 4 atom stereocenters. The van der Waals surface area contributed by atoms with E-state index < -0.39 is 5.97 Å². The molecule has 2 saturated heterocycles. The second kappa shape index (κ2) is 10.7. The molecule has 29 heavy (non-hydrogen) atoms. The zero-order valence-corrected chi connectivity index (χ0v) is 17.2. The fourth-order valence-electron chi connectivity index (χ4n) is 4.21. The van der Waals surface area contributed by atoms with Crippen LogP contribution in [0.25, 0.3) is 0 Å². The first kappa shape index (κ1) is 21.7. The van der Waals surface area contributed by atoms with Crippen LogP contribution in [0.3, 0.4) is 0 Å². The largest absolute Gasteiger partial charge is 0.481 e. The topological polar surface area (TPSA) is 67.8 Å². The van der Waals surface area contributed by atoms with Crippen LogP contribution in [0.15, 0.2) is 36.4 Å². The lowest BCUT2D eigenvalue weighted by atomic mass is 9.78. The van der Waals surface area contributed by atoms with Gasteiger partial charge in [-0.25, -0.2) is 4.39 Å². The van der Waals surface area contributed by atoms with Crippen LogP contribution in [0.5, 0.6) is 0 Å². The molecule has 1 aromatic rings. The molecule has 2 N–H and O–H groups in total. The molecule has 0 unspecified atom stereocenters. The van der Waals surface area contributed by atoms with Gasteiger partial charge in [0.1, 0.15) is 5.82 Å². The average Bonchev–Trinajstić information content (AvgIpc) is 3.29. The van der Waals surface area contributed by atoms with Crippen molar-refractivity contribution in [3.05, 3.63) is 47.8 Å². The van der Waals surface area contributed by atoms with Crippen LogP contribution in [0.2, 0.25) is 0 Å². The number of benzene rings is 1. The monoisotopic (exact) mass is 421 g/mol. The van der Waals surface area contributed by atoms with Crippen LogP contribution in [0.1, 0.15) is 44.1 Å². The molecule has 0 saturated carbocycles. The van der Waals surface area contributed by atoms with Gasteiger partial charge in [-0.15, -0.1) is 0 Å². The minimum atomic E-state index is -0.751. The van der Waals surface area contributed by atoms with Gasteiger partial charge in [0.2, 0.25) is 0 Å². The lowest BCUT2D eigenvalue weighted by Gasteiger charge is -2.27. The predicted octanol–water partition coefficient (Wildman–Crippen LogP) is 4.21. The summed E-state index contributed by atoms with van der Waals surface area (Å²) in [4.78, 5) is 10.6. The Morgan fingerprint density at radius 3 is 2.86 bits per heavy atom. The van der Waals surface area contributed by atoms with Gasteiger partial charge in [0.05, 0.1) is 18.8 Å². The van der Waals surface area contributed by atoms with Crippen LogP contribution < -0.4 is 5.32 Å². The van der Waals surface area contributed by atoms with E-state index in [0.29, 0.717) is 36.6 Å². The molecule has 0 spiro atoms. The molecular formula is C22H28FNO4S. The van der Waals surface area contributed by atoms with Crippen LogP contribution in [-0.4, -0.2) is 35.1 Å². The number of halogens is 1. The number of hydrogen-bond donors (Lipinski definition) is 2. The van der Waals surface area contributed by atoms with Gasteiger partial charge in [-0.2, -0.15) is 0 Å². The Kier molecular flexibility index (Phi) is 8.00. The van der Waals surface area contributed by atoms with Crippen molar-refractivity contribution in [1.29, 1.82) is 0 Å². The number of ether oxygens (including phenoxy) is 2. The Morgan fingerprint density at radius 2 is 2.10 bits per heavy atom. The summed E-state index contributed by atoms with van der Waals surface area (Å²) in [5.41, 5.74) is 0.810. The highest BCUT2D eigenvalue weighted by molar-refractivity contribution is 7.80. The molecule has 0 aromatic heterocycles. The van der Waals surface area contributed by atoms with E-state index in [1.54, 1.807) is 6.07 Å². The predicted molar refractivity (Wildman–Crippen MR) is 112 cm³/mol. The van der Waals surface area contributed by atoms with Gasteiger partial charge in [0.15, 0.2) is 0 Å². The molecule has 0 radical (unpaired) electrons. The summed E-state index contributed by atoms with van der Waals surface area (Å²) in [5.74, 6) is -0.324. The second-order valence-corrected chi connectivity index (χ2v) is 8.06. The minimum Gasteiger partial charge on any atom is -0.481 e. The number of aliphatic carboxylic acids is 1. The molecule has 1 aromatic carbocycles. The summed E-state index contributed by atoms with van der Waals surface area (Å²) in [5, 5.41) is 12.0. The zero-order valence-electron chi connectivity index (χ0n) is 16.4. The van der Waals surface area contributed by atoms with Crippen molar-refractivity contribution in [2.75, 3.05) is 6.61 Å². The Hall–Kier alpha value is -1.99. The van der Waals surface area contributed by atoms with Gasteiger partial charge in [0.25, 0.3) is 5.17 Å². The van der Waals surface area contributed by atoms with Crippen molar-refractivity contribution in [2.24, 2.45) is 11.8 Å². The van der Waals surface area contributed by atoms with E-state index in [9.17, 15) is 9.18 Å². The second-order valence-electron chi connectivity index (χ2n) is 7.69. The van der Waals surface area contributed by atoms with Crippen molar-refractivity contribution in [3.8, 4) is 0 Å². The molecule has 7 heteroatoms. The van der Waals surface area contributed by atoms with Gasteiger partial charge in [-0.05, 0) is 67.9 Å². The summed E-state index contributed by atoms with van der Waals surface area (Å²) in [6.07, 6.45) is 9.40. The van der Waals surface area contributed by atoms with E-state index in [-0.39, 0.29) is 24.4 Å². The van der Waals surface area contributed by atoms with E-state index in [2.05, 4.69) is 17.5 Å². The number of allylic oxidation sites excluding steroid dienone is 2. The summed E-state index contributed by atoms with van der Waals surface area (Å²) >= 11 is 5.27. The number of nitrogens with one attached hydrogen (secondary N) is 1. The number of hydrogen-bond acceptors (Lipinski definition) is 4. The van der Waals surface area contributed by atoms with Crippen LogP contribution in [0, 0.1) is 17.7 Å². The molecular weight excluding hydrogens is 393 g/mol. The number of rotatable bonds is 10. The van der Waals surface area contributed by atoms with E-state index in [1.807, 2.05) is 6.07 Å². The highest BCUT2D eigenvalue weighted by atomic mass is 32.1. The third-order valence-corrected chi connectivity index (χ3v) is 5.92. The van der Waals surface area contributed by atoms with E-state index in [4.69, 9.17) is 26.8 Å². The van der Waals surface area contributed by atoms with Crippen molar-refractivity contribution in [1.82, 2.24) is 5.32 Å². The van der Waals surface area contributed by atoms with Gasteiger partial charge in [0, 0.05) is 18.9 Å². The molecule has 0 aliphatic carbocycles. The zero-order chi connectivity index (χ0) is 20.6. The van der Waals surface area contributed by atoms with Crippen LogP contribution in [-0.2, 0) is 20.8 Å². The fourth-order valence-corrected chi connectivity index (χ4v) is 4.35. The Labute approximate surface area is 176 Å². The highest BCUT2D eigenvalue weighted by Gasteiger charge is 2.48.